The number of aromatic nitrogens is 3. The molecule has 0 bridgehead atoms. The highest BCUT2D eigenvalue weighted by Gasteiger charge is 2.29. The van der Waals surface area contributed by atoms with E-state index in [2.05, 4.69) is 32.3 Å². The number of allylic oxidation sites excluding steroid dienone is 6. The molecular formula is C27H34F3N7O2. The fourth-order valence-electron chi connectivity index (χ4n) is 3.56. The van der Waals surface area contributed by atoms with Gasteiger partial charge in [-0.3, -0.25) is 10.3 Å². The van der Waals surface area contributed by atoms with Crippen LogP contribution in [0.5, 0.6) is 0 Å². The van der Waals surface area contributed by atoms with Crippen LogP contribution < -0.4 is 16.4 Å². The van der Waals surface area contributed by atoms with Crippen LogP contribution >= 0.6 is 0 Å². The Morgan fingerprint density at radius 2 is 2.08 bits per heavy atom. The first-order chi connectivity index (χ1) is 18.6. The normalized spacial score (nSPS) is 14.1. The fourth-order valence-corrected chi connectivity index (χ4v) is 3.56. The summed E-state index contributed by atoms with van der Waals surface area (Å²) in [5, 5.41) is 9.47. The van der Waals surface area contributed by atoms with E-state index in [0.717, 1.165) is 29.7 Å². The summed E-state index contributed by atoms with van der Waals surface area (Å²) < 4.78 is 45.4. The van der Waals surface area contributed by atoms with E-state index in [1.165, 1.54) is 12.4 Å². The zero-order chi connectivity index (χ0) is 29.0. The Hall–Kier alpha value is -4.19. The molecule has 2 aromatic heterocycles. The van der Waals surface area contributed by atoms with Crippen molar-refractivity contribution in [1.82, 2.24) is 25.2 Å². The zero-order valence-electron chi connectivity index (χ0n) is 22.5. The van der Waals surface area contributed by atoms with Crippen molar-refractivity contribution in [2.45, 2.75) is 46.4 Å². The molecular weight excluding hydrogens is 511 g/mol. The number of nitrogen functional groups attached to an aromatic ring is 1. The van der Waals surface area contributed by atoms with Gasteiger partial charge in [0.05, 0.1) is 13.2 Å². The number of ether oxygens (including phenoxy) is 1. The smallest absolute Gasteiger partial charge is 0.382 e. The number of carbonyl (C=O) groups is 1. The number of hydrogen-bond donors (Lipinski definition) is 3. The van der Waals surface area contributed by atoms with E-state index in [1.54, 1.807) is 17.7 Å². The van der Waals surface area contributed by atoms with Crippen LogP contribution in [0.3, 0.4) is 0 Å². The molecule has 1 aliphatic rings. The Morgan fingerprint density at radius 1 is 1.33 bits per heavy atom. The van der Waals surface area contributed by atoms with Crippen molar-refractivity contribution in [3.63, 3.8) is 0 Å². The minimum atomic E-state index is -4.45. The molecule has 0 unspecified atom stereocenters. The summed E-state index contributed by atoms with van der Waals surface area (Å²) in [5.74, 6) is 0.399. The molecule has 1 aliphatic carbocycles. The topological polar surface area (TPSA) is 119 Å². The molecule has 39 heavy (non-hydrogen) atoms. The molecule has 12 heteroatoms. The van der Waals surface area contributed by atoms with Crippen molar-refractivity contribution < 1.29 is 22.7 Å². The number of urea groups is 1. The lowest BCUT2D eigenvalue weighted by Crippen LogP contribution is -2.39. The van der Waals surface area contributed by atoms with Gasteiger partial charge in [0.15, 0.2) is 5.82 Å². The first-order valence-electron chi connectivity index (χ1n) is 12.3. The molecule has 0 fully saturated rings. The highest BCUT2D eigenvalue weighted by molar-refractivity contribution is 5.99. The maximum atomic E-state index is 12.8. The Morgan fingerprint density at radius 3 is 2.74 bits per heavy atom. The van der Waals surface area contributed by atoms with Gasteiger partial charge < -0.3 is 15.8 Å². The Kier molecular flexibility index (Phi) is 11.7. The predicted octanol–water partition coefficient (Wildman–Crippen LogP) is 5.49. The van der Waals surface area contributed by atoms with Gasteiger partial charge in [-0.25, -0.2) is 14.3 Å². The Bertz CT molecular complexity index is 1320. The molecule has 0 aliphatic heterocycles. The van der Waals surface area contributed by atoms with Gasteiger partial charge in [-0.15, -0.1) is 6.58 Å². The second-order valence-electron chi connectivity index (χ2n) is 8.07. The van der Waals surface area contributed by atoms with Crippen LogP contribution in [0.25, 0.3) is 11.1 Å². The van der Waals surface area contributed by atoms with Crippen molar-refractivity contribution in [2.75, 3.05) is 19.4 Å². The third-order valence-corrected chi connectivity index (χ3v) is 5.36. The van der Waals surface area contributed by atoms with Crippen LogP contribution in [0.15, 0.2) is 71.8 Å². The molecule has 4 N–H and O–H groups in total. The number of nitrogens with zero attached hydrogens (tertiary/aromatic N) is 4. The molecule has 2 aromatic rings. The third-order valence-electron chi connectivity index (χ3n) is 5.36. The quantitative estimate of drug-likeness (QED) is 0.230. The SMILES string of the molecule is C=CCN=C(C/C=C(\C)C(F)(F)F)NC(=O)NC1=CC=C(c2c(COC)cn3ncnc(N)c23)C=CC1.CC. The van der Waals surface area contributed by atoms with Gasteiger partial charge in [0, 0.05) is 48.5 Å². The second-order valence-corrected chi connectivity index (χ2v) is 8.07. The summed E-state index contributed by atoms with van der Waals surface area (Å²) in [6.07, 6.45) is 8.73. The monoisotopic (exact) mass is 545 g/mol. The summed E-state index contributed by atoms with van der Waals surface area (Å²) >= 11 is 0. The number of nitrogens with two attached hydrogens (primary N) is 1. The van der Waals surface area contributed by atoms with Gasteiger partial charge in [0.25, 0.3) is 0 Å². The van der Waals surface area contributed by atoms with Crippen molar-refractivity contribution in [3.8, 4) is 0 Å². The number of aliphatic imine (C=N–C) groups is 1. The van der Waals surface area contributed by atoms with Gasteiger partial charge in [0.2, 0.25) is 0 Å². The number of amidine groups is 1. The number of fused-ring (bicyclic) bond motifs is 1. The van der Waals surface area contributed by atoms with E-state index in [1.807, 2.05) is 38.3 Å². The van der Waals surface area contributed by atoms with E-state index in [4.69, 9.17) is 10.5 Å². The van der Waals surface area contributed by atoms with Gasteiger partial charge >= 0.3 is 12.2 Å². The first-order valence-corrected chi connectivity index (χ1v) is 12.3. The molecule has 210 valence electrons. The van der Waals surface area contributed by atoms with Crippen molar-refractivity contribution >= 4 is 28.8 Å². The van der Waals surface area contributed by atoms with Crippen molar-refractivity contribution in [3.05, 3.63) is 78.0 Å². The van der Waals surface area contributed by atoms with Gasteiger partial charge in [0.1, 0.15) is 17.7 Å². The average molecular weight is 546 g/mol. The largest absolute Gasteiger partial charge is 0.412 e. The van der Waals surface area contributed by atoms with E-state index in [0.29, 0.717) is 30.1 Å². The summed E-state index contributed by atoms with van der Waals surface area (Å²) in [6.45, 7) is 8.98. The number of carbonyl (C=O) groups excluding carboxylic acids is 1. The lowest BCUT2D eigenvalue weighted by atomic mass is 10.0. The molecule has 0 saturated heterocycles. The Labute approximate surface area is 225 Å². The van der Waals surface area contributed by atoms with E-state index in [9.17, 15) is 18.0 Å². The molecule has 9 nitrogen and oxygen atoms in total. The van der Waals surface area contributed by atoms with Gasteiger partial charge in [-0.05, 0) is 18.6 Å². The number of anilines is 1. The lowest BCUT2D eigenvalue weighted by molar-refractivity contribution is -0.0915. The highest BCUT2D eigenvalue weighted by Crippen LogP contribution is 2.31. The molecule has 0 atom stereocenters. The summed E-state index contributed by atoms with van der Waals surface area (Å²) in [7, 11) is 1.59. The van der Waals surface area contributed by atoms with Crippen LogP contribution in [0.4, 0.5) is 23.8 Å². The van der Waals surface area contributed by atoms with E-state index < -0.39 is 17.8 Å². The number of halogens is 3. The summed E-state index contributed by atoms with van der Waals surface area (Å²) in [5.41, 5.74) is 9.04. The van der Waals surface area contributed by atoms with Crippen LogP contribution in [0, 0.1) is 0 Å². The number of methoxy groups -OCH3 is 1. The first kappa shape index (κ1) is 31.0. The fraction of sp³-hybridized carbons (Fsp3) is 0.333. The molecule has 0 spiro atoms. The van der Waals surface area contributed by atoms with Gasteiger partial charge in [-0.2, -0.15) is 18.3 Å². The molecule has 2 heterocycles. The minimum Gasteiger partial charge on any atom is -0.382 e. The Balaban J connectivity index is 0.00000260. The number of amides is 2. The van der Waals surface area contributed by atoms with Crippen LogP contribution in [0.1, 0.15) is 44.7 Å². The van der Waals surface area contributed by atoms with Crippen LogP contribution in [0.2, 0.25) is 0 Å². The average Bonchev–Trinajstić information content (AvgIpc) is 3.11. The van der Waals surface area contributed by atoms with Crippen LogP contribution in [-0.4, -0.2) is 46.3 Å². The van der Waals surface area contributed by atoms with E-state index in [-0.39, 0.29) is 18.8 Å². The highest BCUT2D eigenvalue weighted by atomic mass is 19.4. The number of hydrogen-bond acceptors (Lipinski definition) is 6. The standard InChI is InChI=1S/C25H28F3N7O2.C2H6/c1-4-12-30-20(11-8-16(2)25(26,27)28)34-24(36)33-19-7-5-6-17(9-10-19)21-18(14-37-3)13-35-22(21)23(29)31-15-32-35;1-2/h4-6,8-10,13,15H,1,7,11-12,14H2,2-3H3,(H2,29,31,32)(H2,30,33,34,36);1-2H3/b16-8+;. The third kappa shape index (κ3) is 8.67. The van der Waals surface area contributed by atoms with Crippen molar-refractivity contribution in [2.24, 2.45) is 4.99 Å². The van der Waals surface area contributed by atoms with Crippen LogP contribution in [-0.2, 0) is 11.3 Å². The zero-order valence-corrected chi connectivity index (χ0v) is 22.5. The lowest BCUT2D eigenvalue weighted by Gasteiger charge is -2.11. The molecule has 0 aromatic carbocycles. The van der Waals surface area contributed by atoms with Gasteiger partial charge in [-0.1, -0.05) is 44.2 Å². The number of rotatable bonds is 8. The van der Waals surface area contributed by atoms with Crippen molar-refractivity contribution in [1.29, 1.82) is 0 Å². The maximum absolute atomic E-state index is 12.8. The number of nitrogens with one attached hydrogen (secondary N) is 2. The molecule has 2 amide bonds. The number of alkyl halides is 3. The summed E-state index contributed by atoms with van der Waals surface area (Å²) in [6, 6.07) is -0.621. The molecule has 0 radical (unpaired) electrons. The van der Waals surface area contributed by atoms with E-state index >= 15 is 0 Å². The second kappa shape index (κ2) is 14.7. The minimum absolute atomic E-state index is 0.0851. The maximum Gasteiger partial charge on any atom is 0.412 e. The predicted molar refractivity (Wildman–Crippen MR) is 148 cm³/mol. The molecule has 0 saturated carbocycles. The summed E-state index contributed by atoms with van der Waals surface area (Å²) in [4.78, 5) is 20.8. The molecule has 3 rings (SSSR count).